The lowest BCUT2D eigenvalue weighted by Gasteiger charge is -2.43. The normalized spacial score (nSPS) is 20.5. The molecular formula is C23H23N7O. The maximum Gasteiger partial charge on any atom is 0.261 e. The minimum Gasteiger partial charge on any atom is -0.344 e. The number of piperidine rings is 1. The third-order valence-corrected chi connectivity index (χ3v) is 6.46. The highest BCUT2D eigenvalue weighted by Gasteiger charge is 2.35. The van der Waals surface area contributed by atoms with Crippen LogP contribution < -0.4 is 5.56 Å². The van der Waals surface area contributed by atoms with Gasteiger partial charge in [-0.15, -0.1) is 0 Å². The third-order valence-electron chi connectivity index (χ3n) is 6.46. The van der Waals surface area contributed by atoms with Crippen molar-refractivity contribution in [2.24, 2.45) is 5.92 Å². The van der Waals surface area contributed by atoms with Crippen LogP contribution in [-0.4, -0.2) is 47.3 Å². The number of nitrogens with one attached hydrogen (secondary N) is 1. The molecule has 2 aliphatic heterocycles. The van der Waals surface area contributed by atoms with E-state index in [2.05, 4.69) is 55.3 Å². The summed E-state index contributed by atoms with van der Waals surface area (Å²) < 4.78 is 3.75. The van der Waals surface area contributed by atoms with Crippen molar-refractivity contribution in [1.29, 1.82) is 0 Å². The van der Waals surface area contributed by atoms with E-state index >= 15 is 0 Å². The number of benzene rings is 1. The molecule has 8 heteroatoms. The number of pyridine rings is 1. The van der Waals surface area contributed by atoms with E-state index < -0.39 is 0 Å². The Morgan fingerprint density at radius 2 is 1.97 bits per heavy atom. The predicted octanol–water partition coefficient (Wildman–Crippen LogP) is 2.44. The Bertz CT molecular complexity index is 1240. The van der Waals surface area contributed by atoms with Crippen LogP contribution in [0.5, 0.6) is 0 Å². The lowest BCUT2D eigenvalue weighted by Crippen LogP contribution is -2.46. The Hall–Kier alpha value is -3.52. The van der Waals surface area contributed by atoms with Crippen LogP contribution in [0.2, 0.25) is 0 Å². The molecule has 156 valence electrons. The summed E-state index contributed by atoms with van der Waals surface area (Å²) in [5.41, 5.74) is 4.17. The zero-order chi connectivity index (χ0) is 20.8. The van der Waals surface area contributed by atoms with Gasteiger partial charge in [0.05, 0.1) is 11.3 Å². The van der Waals surface area contributed by atoms with Gasteiger partial charge >= 0.3 is 0 Å². The number of hydrogen-bond donors (Lipinski definition) is 1. The van der Waals surface area contributed by atoms with Gasteiger partial charge in [0.15, 0.2) is 0 Å². The molecule has 1 fully saturated rings. The SMILES string of the molecule is O=c1c(-c2ncc[nH]2)ccc2n1C[C@H]1C[C@@H]2CN(Cc2ccc(-n3cncn3)cc2)C1. The first-order valence-electron chi connectivity index (χ1n) is 10.6. The second kappa shape index (κ2) is 7.31. The number of aromatic amines is 1. The highest BCUT2D eigenvalue weighted by atomic mass is 16.1. The van der Waals surface area contributed by atoms with Crippen molar-refractivity contribution in [3.63, 3.8) is 0 Å². The first kappa shape index (κ1) is 18.3. The molecule has 2 bridgehead atoms. The van der Waals surface area contributed by atoms with Gasteiger partial charge in [-0.3, -0.25) is 9.69 Å². The van der Waals surface area contributed by atoms with Crippen molar-refractivity contribution in [3.8, 4) is 17.1 Å². The summed E-state index contributed by atoms with van der Waals surface area (Å²) in [5, 5.41) is 4.18. The maximum atomic E-state index is 13.1. The van der Waals surface area contributed by atoms with E-state index in [0.29, 0.717) is 23.2 Å². The van der Waals surface area contributed by atoms with Gasteiger partial charge in [-0.05, 0) is 42.2 Å². The van der Waals surface area contributed by atoms with E-state index in [1.54, 1.807) is 29.7 Å². The Balaban J connectivity index is 1.22. The number of aromatic nitrogens is 6. The van der Waals surface area contributed by atoms with Crippen molar-refractivity contribution in [2.75, 3.05) is 13.1 Å². The summed E-state index contributed by atoms with van der Waals surface area (Å²) in [6.45, 7) is 3.68. The van der Waals surface area contributed by atoms with Gasteiger partial charge in [-0.1, -0.05) is 12.1 Å². The van der Waals surface area contributed by atoms with Crippen LogP contribution in [0, 0.1) is 5.92 Å². The van der Waals surface area contributed by atoms with E-state index in [1.165, 1.54) is 5.56 Å². The molecule has 0 aliphatic carbocycles. The minimum absolute atomic E-state index is 0.0688. The molecule has 0 radical (unpaired) electrons. The summed E-state index contributed by atoms with van der Waals surface area (Å²) in [6.07, 6.45) is 7.84. The number of rotatable bonds is 4. The van der Waals surface area contributed by atoms with Gasteiger partial charge in [0, 0.05) is 50.2 Å². The molecular weight excluding hydrogens is 390 g/mol. The molecule has 5 heterocycles. The molecule has 2 aliphatic rings. The van der Waals surface area contributed by atoms with Gasteiger partial charge in [0.1, 0.15) is 18.5 Å². The number of nitrogens with zero attached hydrogens (tertiary/aromatic N) is 6. The van der Waals surface area contributed by atoms with E-state index in [-0.39, 0.29) is 5.56 Å². The molecule has 3 aromatic heterocycles. The number of hydrogen-bond acceptors (Lipinski definition) is 5. The van der Waals surface area contributed by atoms with Crippen molar-refractivity contribution >= 4 is 0 Å². The van der Waals surface area contributed by atoms with Crippen LogP contribution in [0.15, 0.2) is 66.2 Å². The van der Waals surface area contributed by atoms with Crippen LogP contribution in [0.1, 0.15) is 23.6 Å². The standard InChI is InChI=1S/C23H23N7O/c31-23-20(22-25-7-8-26-22)5-6-21-18-9-17(12-29(21)23)11-28(13-18)10-16-1-3-19(4-2-16)30-15-24-14-27-30/h1-8,14-15,17-18H,9-13H2,(H,25,26)/t17-,18+/m0/s1. The number of imidazole rings is 1. The first-order valence-corrected chi connectivity index (χ1v) is 10.6. The summed E-state index contributed by atoms with van der Waals surface area (Å²) >= 11 is 0. The quantitative estimate of drug-likeness (QED) is 0.556. The van der Waals surface area contributed by atoms with Crippen LogP contribution in [0.3, 0.4) is 0 Å². The molecule has 1 aromatic carbocycles. The average molecular weight is 413 g/mol. The maximum absolute atomic E-state index is 13.1. The van der Waals surface area contributed by atoms with Crippen LogP contribution in [-0.2, 0) is 13.1 Å². The Morgan fingerprint density at radius 3 is 2.74 bits per heavy atom. The van der Waals surface area contributed by atoms with Gasteiger partial charge in [-0.2, -0.15) is 5.10 Å². The van der Waals surface area contributed by atoms with Crippen molar-refractivity contribution in [2.45, 2.75) is 25.4 Å². The van der Waals surface area contributed by atoms with Crippen LogP contribution in [0.25, 0.3) is 17.1 Å². The fraction of sp³-hybridized carbons (Fsp3) is 0.304. The first-order chi connectivity index (χ1) is 15.2. The van der Waals surface area contributed by atoms with Crippen molar-refractivity contribution in [3.05, 3.63) is 83.1 Å². The summed E-state index contributed by atoms with van der Waals surface area (Å²) in [5.74, 6) is 1.53. The fourth-order valence-electron chi connectivity index (χ4n) is 5.12. The van der Waals surface area contributed by atoms with E-state index in [1.807, 2.05) is 10.6 Å². The predicted molar refractivity (Wildman–Crippen MR) is 116 cm³/mol. The van der Waals surface area contributed by atoms with E-state index in [4.69, 9.17) is 0 Å². The molecule has 4 aromatic rings. The molecule has 0 unspecified atom stereocenters. The van der Waals surface area contributed by atoms with E-state index in [0.717, 1.165) is 44.0 Å². The molecule has 1 saturated heterocycles. The Morgan fingerprint density at radius 1 is 1.06 bits per heavy atom. The third kappa shape index (κ3) is 3.29. The van der Waals surface area contributed by atoms with Crippen molar-refractivity contribution in [1.82, 2.24) is 34.2 Å². The van der Waals surface area contributed by atoms with Gasteiger partial charge in [0.2, 0.25) is 0 Å². The molecule has 0 amide bonds. The second-order valence-electron chi connectivity index (χ2n) is 8.52. The zero-order valence-corrected chi connectivity index (χ0v) is 17.1. The number of H-pyrrole nitrogens is 1. The van der Waals surface area contributed by atoms with Gasteiger partial charge < -0.3 is 9.55 Å². The largest absolute Gasteiger partial charge is 0.344 e. The van der Waals surface area contributed by atoms with Crippen LogP contribution in [0.4, 0.5) is 0 Å². The van der Waals surface area contributed by atoms with Crippen LogP contribution >= 0.6 is 0 Å². The molecule has 0 saturated carbocycles. The highest BCUT2D eigenvalue weighted by molar-refractivity contribution is 5.53. The fourth-order valence-corrected chi connectivity index (χ4v) is 5.12. The second-order valence-corrected chi connectivity index (χ2v) is 8.52. The molecule has 6 rings (SSSR count). The molecule has 2 atom stereocenters. The number of fused-ring (bicyclic) bond motifs is 4. The lowest BCUT2D eigenvalue weighted by atomic mass is 9.82. The number of likely N-dealkylation sites (tertiary alicyclic amines) is 1. The lowest BCUT2D eigenvalue weighted by molar-refractivity contribution is 0.114. The molecule has 1 N–H and O–H groups in total. The molecule has 0 spiro atoms. The highest BCUT2D eigenvalue weighted by Crippen LogP contribution is 2.36. The van der Waals surface area contributed by atoms with Gasteiger partial charge in [-0.25, -0.2) is 14.6 Å². The molecule has 31 heavy (non-hydrogen) atoms. The van der Waals surface area contributed by atoms with E-state index in [9.17, 15) is 4.79 Å². The Labute approximate surface area is 179 Å². The average Bonchev–Trinajstić information content (AvgIpc) is 3.50. The Kier molecular flexibility index (Phi) is 4.31. The molecule has 8 nitrogen and oxygen atoms in total. The monoisotopic (exact) mass is 413 g/mol. The zero-order valence-electron chi connectivity index (χ0n) is 17.1. The minimum atomic E-state index is 0.0688. The smallest absolute Gasteiger partial charge is 0.261 e. The topological polar surface area (TPSA) is 84.6 Å². The summed E-state index contributed by atoms with van der Waals surface area (Å²) in [7, 11) is 0. The van der Waals surface area contributed by atoms with Gasteiger partial charge in [0.25, 0.3) is 5.56 Å². The van der Waals surface area contributed by atoms with Crippen molar-refractivity contribution < 1.29 is 0 Å². The summed E-state index contributed by atoms with van der Waals surface area (Å²) in [4.78, 5) is 27.0. The summed E-state index contributed by atoms with van der Waals surface area (Å²) in [6, 6.07) is 12.5.